The first-order chi connectivity index (χ1) is 2.56. The van der Waals surface area contributed by atoms with Gasteiger partial charge in [0.25, 0.3) is 0 Å². The van der Waals surface area contributed by atoms with Gasteiger partial charge in [-0.15, -0.1) is 0 Å². The monoisotopic (exact) mass is 220 g/mol. The summed E-state index contributed by atoms with van der Waals surface area (Å²) in [5.41, 5.74) is 0. The first kappa shape index (κ1) is 22.5. The third-order valence-corrected chi connectivity index (χ3v) is 0.270. The molecule has 0 aliphatic heterocycles. The van der Waals surface area contributed by atoms with Crippen LogP contribution in [0.4, 0.5) is 9.23 Å². The van der Waals surface area contributed by atoms with E-state index in [-0.39, 0.29) is 80.2 Å². The van der Waals surface area contributed by atoms with Gasteiger partial charge in [-0.25, -0.2) is 4.57 Å². The standard InChI is InChI=1S/2Ca.FH2O4P.FH.4H/c;;1-5-6(2,3)4;;;;;/h;;(H2,2,3,4);1H;;;;. The van der Waals surface area contributed by atoms with E-state index in [1.54, 1.807) is 0 Å². The second-order valence-corrected chi connectivity index (χ2v) is 1.68. The van der Waals surface area contributed by atoms with E-state index < -0.39 is 7.82 Å². The van der Waals surface area contributed by atoms with Crippen molar-refractivity contribution in [3.63, 3.8) is 0 Å². The molecule has 0 amide bonds. The number of hydrogen-bond donors (Lipinski definition) is 2. The summed E-state index contributed by atoms with van der Waals surface area (Å²) >= 11 is 0. The van der Waals surface area contributed by atoms with Crippen LogP contribution in [0.5, 0.6) is 0 Å². The van der Waals surface area contributed by atoms with E-state index in [2.05, 4.69) is 4.73 Å². The summed E-state index contributed by atoms with van der Waals surface area (Å²) < 4.78 is 21.4. The van der Waals surface area contributed by atoms with E-state index in [1.165, 1.54) is 0 Å². The number of hydrogen-bond acceptors (Lipinski definition) is 2. The van der Waals surface area contributed by atoms with Gasteiger partial charge in [0, 0.05) is 0 Å². The van der Waals surface area contributed by atoms with Gasteiger partial charge >= 0.3 is 83.3 Å². The Balaban J connectivity index is -0.0000000417. The molecule has 0 radical (unpaired) electrons. The van der Waals surface area contributed by atoms with E-state index in [1.807, 2.05) is 0 Å². The quantitative estimate of drug-likeness (QED) is 0.408. The number of halogens is 2. The van der Waals surface area contributed by atoms with Crippen LogP contribution in [0.1, 0.15) is 0 Å². The van der Waals surface area contributed by atoms with Gasteiger partial charge in [0.15, 0.2) is 0 Å². The van der Waals surface area contributed by atoms with Gasteiger partial charge in [0.05, 0.1) is 0 Å². The second kappa shape index (κ2) is 10.5. The molecule has 0 aromatic rings. The Morgan fingerprint density at radius 3 is 1.44 bits per heavy atom. The Hall–Kier alpha value is 2.49. The predicted molar refractivity (Wildman–Crippen MR) is 33.8 cm³/mol. The van der Waals surface area contributed by atoms with Crippen molar-refractivity contribution < 1.29 is 28.3 Å². The summed E-state index contributed by atoms with van der Waals surface area (Å²) in [6, 6.07) is 0. The summed E-state index contributed by atoms with van der Waals surface area (Å²) in [5, 5.41) is 0. The molecule has 0 saturated heterocycles. The molecule has 0 rings (SSSR count). The second-order valence-electron chi connectivity index (χ2n) is 0.560. The van der Waals surface area contributed by atoms with E-state index in [9.17, 15) is 4.53 Å². The fourth-order valence-corrected chi connectivity index (χ4v) is 0. The molecule has 54 valence electrons. The van der Waals surface area contributed by atoms with Crippen LogP contribution in [0.15, 0.2) is 0 Å². The van der Waals surface area contributed by atoms with Gasteiger partial charge in [-0.05, 0) is 4.53 Å². The van der Waals surface area contributed by atoms with Gasteiger partial charge in [-0.1, -0.05) is 4.73 Å². The first-order valence-corrected chi connectivity index (χ1v) is 2.45. The molecular formula is H7Ca2F2O4P. The van der Waals surface area contributed by atoms with Crippen LogP contribution in [0.3, 0.4) is 0 Å². The zero-order valence-electron chi connectivity index (χ0n) is 2.94. The molecular weight excluding hydrogens is 213 g/mol. The van der Waals surface area contributed by atoms with Crippen molar-refractivity contribution in [1.82, 2.24) is 0 Å². The average Bonchev–Trinajstić information content (AvgIpc) is 1.35. The van der Waals surface area contributed by atoms with Crippen LogP contribution in [0.2, 0.25) is 0 Å². The molecule has 0 spiro atoms. The molecule has 0 aliphatic rings. The first-order valence-electron chi connectivity index (χ1n) is 0.919. The van der Waals surface area contributed by atoms with E-state index in [0.717, 1.165) is 0 Å². The molecule has 0 fully saturated rings. The molecule has 0 aliphatic carbocycles. The van der Waals surface area contributed by atoms with E-state index in [0.29, 0.717) is 0 Å². The minimum absolute atomic E-state index is 0. The predicted octanol–water partition coefficient (Wildman–Crippen LogP) is -1.70. The maximum atomic E-state index is 10.2. The van der Waals surface area contributed by atoms with Crippen LogP contribution in [0, 0.1) is 0 Å². The zero-order chi connectivity index (χ0) is 5.21. The van der Waals surface area contributed by atoms with Crippen molar-refractivity contribution in [2.75, 3.05) is 0 Å². The normalized spacial score (nSPS) is 7.89. The summed E-state index contributed by atoms with van der Waals surface area (Å²) in [4.78, 5) is 14.7. The van der Waals surface area contributed by atoms with Crippen LogP contribution < -0.4 is 0 Å². The van der Waals surface area contributed by atoms with Crippen molar-refractivity contribution >= 4 is 83.3 Å². The zero-order valence-corrected chi connectivity index (χ0v) is 3.84. The van der Waals surface area contributed by atoms with Gasteiger partial charge in [-0.3, -0.25) is 4.70 Å². The summed E-state index contributed by atoms with van der Waals surface area (Å²) in [5.74, 6) is 0. The van der Waals surface area contributed by atoms with Gasteiger partial charge in [0.2, 0.25) is 0 Å². The molecule has 0 heterocycles. The topological polar surface area (TPSA) is 66.8 Å². The third kappa shape index (κ3) is 25.1. The van der Waals surface area contributed by atoms with Crippen molar-refractivity contribution in [1.29, 1.82) is 0 Å². The molecule has 9 heteroatoms. The number of phosphoric acid groups is 1. The molecule has 0 saturated carbocycles. The van der Waals surface area contributed by atoms with Gasteiger partial charge < -0.3 is 9.79 Å². The average molecular weight is 220 g/mol. The van der Waals surface area contributed by atoms with Crippen molar-refractivity contribution in [3.8, 4) is 0 Å². The Kier molecular flexibility index (Phi) is 26.3. The summed E-state index contributed by atoms with van der Waals surface area (Å²) in [6.45, 7) is 0. The van der Waals surface area contributed by atoms with Gasteiger partial charge in [0.1, 0.15) is 0 Å². The Morgan fingerprint density at radius 1 is 1.33 bits per heavy atom. The van der Waals surface area contributed by atoms with Crippen LogP contribution in [-0.4, -0.2) is 85.3 Å². The SMILES string of the molecule is F.O=P(O)(O)OF.[CaH2].[CaH2]. The molecule has 0 unspecified atom stereocenters. The fraction of sp³-hybridized carbons (Fsp3) is 0. The molecule has 0 aromatic carbocycles. The third-order valence-electron chi connectivity index (χ3n) is 0.0899. The maximum absolute atomic E-state index is 10.2. The van der Waals surface area contributed by atoms with Gasteiger partial charge in [-0.2, -0.15) is 0 Å². The van der Waals surface area contributed by atoms with Crippen LogP contribution in [-0.2, 0) is 9.29 Å². The van der Waals surface area contributed by atoms with Crippen molar-refractivity contribution in [3.05, 3.63) is 0 Å². The van der Waals surface area contributed by atoms with E-state index >= 15 is 0 Å². The molecule has 0 bridgehead atoms. The molecule has 0 atom stereocenters. The molecule has 4 nitrogen and oxygen atoms in total. The van der Waals surface area contributed by atoms with E-state index in [4.69, 9.17) is 14.4 Å². The molecule has 9 heavy (non-hydrogen) atoms. The Bertz CT molecular complexity index is 80.6. The van der Waals surface area contributed by atoms with Crippen molar-refractivity contribution in [2.45, 2.75) is 0 Å². The van der Waals surface area contributed by atoms with Crippen LogP contribution in [0.25, 0.3) is 0 Å². The fourth-order valence-electron chi connectivity index (χ4n) is 0. The summed E-state index contributed by atoms with van der Waals surface area (Å²) in [7, 11) is -4.81. The Morgan fingerprint density at radius 2 is 1.44 bits per heavy atom. The Labute approximate surface area is 110 Å². The molecule has 2 N–H and O–H groups in total. The molecule has 0 aromatic heterocycles. The minimum atomic E-state index is -4.81. The van der Waals surface area contributed by atoms with Crippen LogP contribution >= 0.6 is 7.82 Å². The van der Waals surface area contributed by atoms with Crippen molar-refractivity contribution in [2.24, 2.45) is 0 Å². The number of rotatable bonds is 1. The summed E-state index contributed by atoms with van der Waals surface area (Å²) in [6.07, 6.45) is 0.